The van der Waals surface area contributed by atoms with E-state index in [1.807, 2.05) is 42.5 Å². The lowest BCUT2D eigenvalue weighted by Crippen LogP contribution is -2.22. The molecule has 0 spiro atoms. The molecule has 0 fully saturated rings. The van der Waals surface area contributed by atoms with Gasteiger partial charge in [-0.2, -0.15) is 9.61 Å². The zero-order valence-corrected chi connectivity index (χ0v) is 14.0. The van der Waals surface area contributed by atoms with Crippen LogP contribution in [0.4, 0.5) is 0 Å². The fourth-order valence-electron chi connectivity index (χ4n) is 2.35. The maximum Gasteiger partial charge on any atom is 0.297 e. The van der Waals surface area contributed by atoms with Crippen molar-refractivity contribution in [1.29, 1.82) is 0 Å². The van der Waals surface area contributed by atoms with Gasteiger partial charge in [-0.25, -0.2) is 0 Å². The van der Waals surface area contributed by atoms with Gasteiger partial charge in [0, 0.05) is 17.0 Å². The zero-order valence-electron chi connectivity index (χ0n) is 12.4. The summed E-state index contributed by atoms with van der Waals surface area (Å²) in [7, 11) is 0. The first-order chi connectivity index (χ1) is 11.7. The highest BCUT2D eigenvalue weighted by Crippen LogP contribution is 2.23. The van der Waals surface area contributed by atoms with Gasteiger partial charge in [0.15, 0.2) is 0 Å². The predicted octanol–water partition coefficient (Wildman–Crippen LogP) is 3.46. The van der Waals surface area contributed by atoms with Crippen molar-refractivity contribution in [3.63, 3.8) is 0 Å². The van der Waals surface area contributed by atoms with Gasteiger partial charge < -0.3 is 0 Å². The van der Waals surface area contributed by atoms with Crippen molar-refractivity contribution in [3.8, 4) is 10.6 Å². The van der Waals surface area contributed by atoms with Crippen LogP contribution in [0.1, 0.15) is 11.3 Å². The van der Waals surface area contributed by atoms with Gasteiger partial charge in [0.1, 0.15) is 10.7 Å². The maximum absolute atomic E-state index is 12.6. The molecule has 0 amide bonds. The molecule has 0 saturated carbocycles. The third-order valence-electron chi connectivity index (χ3n) is 3.56. The van der Waals surface area contributed by atoms with E-state index < -0.39 is 0 Å². The van der Waals surface area contributed by atoms with Crippen LogP contribution in [0.25, 0.3) is 15.5 Å². The van der Waals surface area contributed by atoms with Crippen LogP contribution in [0.5, 0.6) is 0 Å². The molecule has 0 bridgehead atoms. The van der Waals surface area contributed by atoms with E-state index in [-0.39, 0.29) is 5.56 Å². The largest absolute Gasteiger partial charge is 0.297 e. The Hall–Kier alpha value is -2.57. The van der Waals surface area contributed by atoms with Crippen LogP contribution < -0.4 is 5.56 Å². The lowest BCUT2D eigenvalue weighted by Gasteiger charge is -2.00. The molecule has 0 N–H and O–H groups in total. The lowest BCUT2D eigenvalue weighted by atomic mass is 10.1. The number of benzene rings is 2. The van der Waals surface area contributed by atoms with Crippen LogP contribution in [0.2, 0.25) is 5.02 Å². The Bertz CT molecular complexity index is 1060. The Kier molecular flexibility index (Phi) is 3.84. The number of hydrogen-bond acceptors (Lipinski definition) is 5. The monoisotopic (exact) mass is 354 g/mol. The summed E-state index contributed by atoms with van der Waals surface area (Å²) < 4.78 is 1.32. The zero-order chi connectivity index (χ0) is 16.5. The molecular weight excluding hydrogens is 344 g/mol. The molecule has 7 heteroatoms. The topological polar surface area (TPSA) is 60.2 Å². The molecule has 4 rings (SSSR count). The van der Waals surface area contributed by atoms with Crippen molar-refractivity contribution < 1.29 is 0 Å². The Labute approximate surface area is 146 Å². The minimum atomic E-state index is -0.242. The van der Waals surface area contributed by atoms with E-state index in [1.54, 1.807) is 12.1 Å². The summed E-state index contributed by atoms with van der Waals surface area (Å²) in [6, 6.07) is 17.0. The molecule has 2 aromatic heterocycles. The van der Waals surface area contributed by atoms with Gasteiger partial charge in [-0.05, 0) is 17.7 Å². The number of halogens is 1. The second-order valence-corrected chi connectivity index (χ2v) is 6.62. The van der Waals surface area contributed by atoms with Crippen LogP contribution in [0, 0.1) is 0 Å². The van der Waals surface area contributed by atoms with Crippen molar-refractivity contribution in [2.24, 2.45) is 0 Å². The summed E-state index contributed by atoms with van der Waals surface area (Å²) in [5, 5.41) is 14.0. The van der Waals surface area contributed by atoms with E-state index in [0.717, 1.165) is 16.1 Å². The molecule has 0 saturated heterocycles. The molecule has 24 heavy (non-hydrogen) atoms. The molecule has 0 aliphatic heterocycles. The highest BCUT2D eigenvalue weighted by Gasteiger charge is 2.13. The van der Waals surface area contributed by atoms with Crippen molar-refractivity contribution in [3.05, 3.63) is 81.2 Å². The van der Waals surface area contributed by atoms with E-state index in [2.05, 4.69) is 15.3 Å². The Morgan fingerprint density at radius 2 is 1.75 bits per heavy atom. The van der Waals surface area contributed by atoms with Crippen LogP contribution in [0.3, 0.4) is 0 Å². The first kappa shape index (κ1) is 15.0. The second-order valence-electron chi connectivity index (χ2n) is 5.22. The summed E-state index contributed by atoms with van der Waals surface area (Å²) in [5.41, 5.74) is 2.02. The van der Waals surface area contributed by atoms with E-state index in [0.29, 0.717) is 22.1 Å². The fourth-order valence-corrected chi connectivity index (χ4v) is 3.32. The first-order valence-electron chi connectivity index (χ1n) is 7.26. The molecule has 0 atom stereocenters. The van der Waals surface area contributed by atoms with E-state index >= 15 is 0 Å². The van der Waals surface area contributed by atoms with Gasteiger partial charge in [0.05, 0.1) is 0 Å². The summed E-state index contributed by atoms with van der Waals surface area (Å²) in [6.07, 6.45) is 0.393. The van der Waals surface area contributed by atoms with Gasteiger partial charge >= 0.3 is 0 Å². The summed E-state index contributed by atoms with van der Waals surface area (Å²) >= 11 is 7.22. The minimum Gasteiger partial charge on any atom is -0.265 e. The van der Waals surface area contributed by atoms with E-state index in [9.17, 15) is 4.79 Å². The second kappa shape index (κ2) is 6.14. The number of aromatic nitrogens is 4. The highest BCUT2D eigenvalue weighted by atomic mass is 35.5. The number of fused-ring (bicyclic) bond motifs is 1. The average molecular weight is 355 g/mol. The molecular formula is C17H11ClN4OS. The van der Waals surface area contributed by atoms with Crippen LogP contribution >= 0.6 is 22.9 Å². The van der Waals surface area contributed by atoms with Crippen molar-refractivity contribution in [2.75, 3.05) is 0 Å². The standard InChI is InChI=1S/C17H11ClN4OS/c18-13-8-6-11(7-9-13)10-14-16(23)22-17(20-19-14)24-15(21-22)12-4-2-1-3-5-12/h1-9H,10H2. The molecule has 2 aromatic carbocycles. The first-order valence-corrected chi connectivity index (χ1v) is 8.45. The molecule has 0 unspecified atom stereocenters. The smallest absolute Gasteiger partial charge is 0.265 e. The van der Waals surface area contributed by atoms with Crippen molar-refractivity contribution in [1.82, 2.24) is 19.8 Å². The molecule has 0 radical (unpaired) electrons. The van der Waals surface area contributed by atoms with Crippen LogP contribution in [-0.4, -0.2) is 19.8 Å². The average Bonchev–Trinajstić information content (AvgIpc) is 3.05. The summed E-state index contributed by atoms with van der Waals surface area (Å²) in [6.45, 7) is 0. The number of nitrogens with zero attached hydrogens (tertiary/aromatic N) is 4. The maximum atomic E-state index is 12.6. The summed E-state index contributed by atoms with van der Waals surface area (Å²) in [5.74, 6) is 0. The van der Waals surface area contributed by atoms with Gasteiger partial charge in [-0.3, -0.25) is 4.79 Å². The lowest BCUT2D eigenvalue weighted by molar-refractivity contribution is 0.810. The molecule has 4 aromatic rings. The third kappa shape index (κ3) is 2.81. The van der Waals surface area contributed by atoms with Gasteiger partial charge in [-0.15, -0.1) is 10.2 Å². The molecule has 0 aliphatic carbocycles. The molecule has 5 nitrogen and oxygen atoms in total. The Balaban J connectivity index is 1.75. The van der Waals surface area contributed by atoms with Gasteiger partial charge in [0.2, 0.25) is 4.96 Å². The molecule has 0 aliphatic rings. The van der Waals surface area contributed by atoms with Gasteiger partial charge in [-0.1, -0.05) is 65.4 Å². The number of hydrogen-bond donors (Lipinski definition) is 0. The highest BCUT2D eigenvalue weighted by molar-refractivity contribution is 7.19. The quantitative estimate of drug-likeness (QED) is 0.565. The predicted molar refractivity (Wildman–Crippen MR) is 94.6 cm³/mol. The molecule has 2 heterocycles. The van der Waals surface area contributed by atoms with E-state index in [4.69, 9.17) is 11.6 Å². The summed E-state index contributed by atoms with van der Waals surface area (Å²) in [4.78, 5) is 13.1. The van der Waals surface area contributed by atoms with Crippen LogP contribution in [0.15, 0.2) is 59.4 Å². The van der Waals surface area contributed by atoms with Gasteiger partial charge in [0.25, 0.3) is 5.56 Å². The van der Waals surface area contributed by atoms with E-state index in [1.165, 1.54) is 15.9 Å². The fraction of sp³-hybridized carbons (Fsp3) is 0.0588. The Morgan fingerprint density at radius 3 is 2.50 bits per heavy atom. The Morgan fingerprint density at radius 1 is 1.00 bits per heavy atom. The SMILES string of the molecule is O=c1c(Cc2ccc(Cl)cc2)nnc2sc(-c3ccccc3)nn12. The minimum absolute atomic E-state index is 0.242. The van der Waals surface area contributed by atoms with Crippen LogP contribution in [-0.2, 0) is 6.42 Å². The van der Waals surface area contributed by atoms with Crippen molar-refractivity contribution in [2.45, 2.75) is 6.42 Å². The molecule has 118 valence electrons. The van der Waals surface area contributed by atoms with Crippen molar-refractivity contribution >= 4 is 27.9 Å². The number of rotatable bonds is 3. The third-order valence-corrected chi connectivity index (χ3v) is 4.76. The normalized spacial score (nSPS) is 11.0.